The molecule has 0 saturated heterocycles. The number of carbonyl (C=O) groups is 1. The number of nitriles is 1. The van der Waals surface area contributed by atoms with Crippen LogP contribution in [0.4, 0.5) is 4.39 Å². The molecule has 1 aromatic rings. The van der Waals surface area contributed by atoms with E-state index in [9.17, 15) is 9.18 Å². The highest BCUT2D eigenvalue weighted by Crippen LogP contribution is 2.09. The molecule has 0 radical (unpaired) electrons. The van der Waals surface area contributed by atoms with Gasteiger partial charge in [0.25, 0.3) is 0 Å². The fraction of sp³-hybridized carbons (Fsp3) is 0.333. The molecule has 0 aliphatic carbocycles. The van der Waals surface area contributed by atoms with Crippen LogP contribution in [0.2, 0.25) is 0 Å². The SMILES string of the molecule is CN(C)C(=O)CNCc1ccc(F)c(C#N)c1. The first-order chi connectivity index (χ1) is 8.04. The van der Waals surface area contributed by atoms with Gasteiger partial charge in [-0.2, -0.15) is 5.26 Å². The highest BCUT2D eigenvalue weighted by Gasteiger charge is 2.05. The van der Waals surface area contributed by atoms with Crippen LogP contribution in [0.1, 0.15) is 11.1 Å². The average Bonchev–Trinajstić information content (AvgIpc) is 2.31. The summed E-state index contributed by atoms with van der Waals surface area (Å²) in [6, 6.07) is 6.09. The maximum Gasteiger partial charge on any atom is 0.236 e. The minimum absolute atomic E-state index is 0.0169. The summed E-state index contributed by atoms with van der Waals surface area (Å²) in [6.45, 7) is 0.640. The molecule has 0 aliphatic rings. The van der Waals surface area contributed by atoms with Crippen molar-refractivity contribution in [3.05, 3.63) is 35.1 Å². The Hall–Kier alpha value is -1.93. The molecule has 5 heteroatoms. The Bertz CT molecular complexity index is 452. The van der Waals surface area contributed by atoms with Gasteiger partial charge in [0.15, 0.2) is 0 Å². The number of amides is 1. The number of carbonyl (C=O) groups excluding carboxylic acids is 1. The Morgan fingerprint density at radius 2 is 2.24 bits per heavy atom. The predicted octanol–water partition coefficient (Wildman–Crippen LogP) is 0.875. The monoisotopic (exact) mass is 235 g/mol. The van der Waals surface area contributed by atoms with E-state index in [0.717, 1.165) is 5.56 Å². The molecular weight excluding hydrogens is 221 g/mol. The molecule has 4 nitrogen and oxygen atoms in total. The van der Waals surface area contributed by atoms with Crippen molar-refractivity contribution in [1.82, 2.24) is 10.2 Å². The van der Waals surface area contributed by atoms with Crippen LogP contribution in [0.3, 0.4) is 0 Å². The third kappa shape index (κ3) is 3.85. The molecule has 0 aliphatic heterocycles. The van der Waals surface area contributed by atoms with Gasteiger partial charge in [-0.3, -0.25) is 4.79 Å². The molecule has 90 valence electrons. The summed E-state index contributed by atoms with van der Waals surface area (Å²) in [5.41, 5.74) is 0.790. The molecule has 0 saturated carbocycles. The van der Waals surface area contributed by atoms with Gasteiger partial charge in [-0.1, -0.05) is 6.07 Å². The first-order valence-electron chi connectivity index (χ1n) is 5.14. The molecule has 1 rings (SSSR count). The summed E-state index contributed by atoms with van der Waals surface area (Å²) in [5, 5.41) is 11.6. The second-order valence-electron chi connectivity index (χ2n) is 3.82. The lowest BCUT2D eigenvalue weighted by atomic mass is 10.1. The molecule has 0 atom stereocenters. The lowest BCUT2D eigenvalue weighted by Gasteiger charge is -2.11. The number of rotatable bonds is 4. The van der Waals surface area contributed by atoms with Crippen LogP contribution in [0.5, 0.6) is 0 Å². The smallest absolute Gasteiger partial charge is 0.236 e. The Kier molecular flexibility index (Phi) is 4.61. The average molecular weight is 235 g/mol. The van der Waals surface area contributed by atoms with Crippen LogP contribution in [-0.4, -0.2) is 31.4 Å². The third-order valence-electron chi connectivity index (χ3n) is 2.26. The van der Waals surface area contributed by atoms with Crippen molar-refractivity contribution >= 4 is 5.91 Å². The van der Waals surface area contributed by atoms with Gasteiger partial charge in [0.05, 0.1) is 12.1 Å². The zero-order valence-corrected chi connectivity index (χ0v) is 9.83. The number of hydrogen-bond donors (Lipinski definition) is 1. The molecule has 1 N–H and O–H groups in total. The molecule has 0 aromatic heterocycles. The van der Waals surface area contributed by atoms with E-state index in [-0.39, 0.29) is 18.0 Å². The third-order valence-corrected chi connectivity index (χ3v) is 2.26. The zero-order chi connectivity index (χ0) is 12.8. The molecule has 0 spiro atoms. The van der Waals surface area contributed by atoms with E-state index >= 15 is 0 Å². The predicted molar refractivity (Wildman–Crippen MR) is 61.5 cm³/mol. The van der Waals surface area contributed by atoms with Crippen LogP contribution in [0, 0.1) is 17.1 Å². The summed E-state index contributed by atoms with van der Waals surface area (Å²) in [6.07, 6.45) is 0. The quantitative estimate of drug-likeness (QED) is 0.842. The second kappa shape index (κ2) is 5.97. The van der Waals surface area contributed by atoms with Crippen molar-refractivity contribution in [2.75, 3.05) is 20.6 Å². The molecule has 0 fully saturated rings. The van der Waals surface area contributed by atoms with Gasteiger partial charge in [-0.05, 0) is 17.7 Å². The Morgan fingerprint density at radius 3 is 2.82 bits per heavy atom. The summed E-state index contributed by atoms with van der Waals surface area (Å²) in [5.74, 6) is -0.562. The summed E-state index contributed by atoms with van der Waals surface area (Å²) < 4.78 is 13.0. The van der Waals surface area contributed by atoms with E-state index in [0.29, 0.717) is 6.54 Å². The number of likely N-dealkylation sites (N-methyl/N-ethyl adjacent to an activating group) is 1. The van der Waals surface area contributed by atoms with E-state index < -0.39 is 5.82 Å². The molecule has 17 heavy (non-hydrogen) atoms. The topological polar surface area (TPSA) is 56.1 Å². The van der Waals surface area contributed by atoms with Crippen molar-refractivity contribution < 1.29 is 9.18 Å². The van der Waals surface area contributed by atoms with Gasteiger partial charge in [0.2, 0.25) is 5.91 Å². The normalized spacial score (nSPS) is 9.76. The van der Waals surface area contributed by atoms with Crippen LogP contribution in [-0.2, 0) is 11.3 Å². The highest BCUT2D eigenvalue weighted by molar-refractivity contribution is 5.77. The van der Waals surface area contributed by atoms with E-state index in [1.807, 2.05) is 0 Å². The number of nitrogens with zero attached hydrogens (tertiary/aromatic N) is 2. The standard InChI is InChI=1S/C12H14FN3O/c1-16(2)12(17)8-15-7-9-3-4-11(13)10(5-9)6-14/h3-5,15H,7-8H2,1-2H3. The maximum atomic E-state index is 13.0. The van der Waals surface area contributed by atoms with E-state index in [2.05, 4.69) is 5.32 Å². The molecule has 1 aromatic carbocycles. The highest BCUT2D eigenvalue weighted by atomic mass is 19.1. The molecule has 0 unspecified atom stereocenters. The van der Waals surface area contributed by atoms with Gasteiger partial charge in [0.1, 0.15) is 11.9 Å². The number of benzene rings is 1. The first-order valence-corrected chi connectivity index (χ1v) is 5.14. The second-order valence-corrected chi connectivity index (χ2v) is 3.82. The largest absolute Gasteiger partial charge is 0.348 e. The Morgan fingerprint density at radius 1 is 1.53 bits per heavy atom. The summed E-state index contributed by atoms with van der Waals surface area (Å²) >= 11 is 0. The van der Waals surface area contributed by atoms with Crippen LogP contribution in [0.25, 0.3) is 0 Å². The van der Waals surface area contributed by atoms with Crippen molar-refractivity contribution in [2.24, 2.45) is 0 Å². The van der Waals surface area contributed by atoms with Crippen molar-refractivity contribution in [2.45, 2.75) is 6.54 Å². The number of halogens is 1. The van der Waals surface area contributed by atoms with E-state index in [1.54, 1.807) is 26.2 Å². The molecule has 0 heterocycles. The maximum absolute atomic E-state index is 13.0. The van der Waals surface area contributed by atoms with Gasteiger partial charge in [0, 0.05) is 20.6 Å². The fourth-order valence-electron chi connectivity index (χ4n) is 1.24. The van der Waals surface area contributed by atoms with E-state index in [1.165, 1.54) is 17.0 Å². The van der Waals surface area contributed by atoms with Crippen molar-refractivity contribution in [3.8, 4) is 6.07 Å². The van der Waals surface area contributed by atoms with Crippen LogP contribution < -0.4 is 5.32 Å². The van der Waals surface area contributed by atoms with Crippen molar-refractivity contribution in [1.29, 1.82) is 5.26 Å². The Balaban J connectivity index is 2.53. The summed E-state index contributed by atoms with van der Waals surface area (Å²) in [4.78, 5) is 12.7. The Labute approximate surface area is 99.7 Å². The van der Waals surface area contributed by atoms with Gasteiger partial charge in [-0.15, -0.1) is 0 Å². The minimum Gasteiger partial charge on any atom is -0.348 e. The lowest BCUT2D eigenvalue weighted by Crippen LogP contribution is -2.32. The van der Waals surface area contributed by atoms with Gasteiger partial charge >= 0.3 is 0 Å². The zero-order valence-electron chi connectivity index (χ0n) is 9.83. The van der Waals surface area contributed by atoms with Crippen LogP contribution in [0.15, 0.2) is 18.2 Å². The minimum atomic E-state index is -0.527. The number of nitrogens with one attached hydrogen (secondary N) is 1. The molecule has 1 amide bonds. The fourth-order valence-corrected chi connectivity index (χ4v) is 1.24. The number of hydrogen-bond acceptors (Lipinski definition) is 3. The summed E-state index contributed by atoms with van der Waals surface area (Å²) in [7, 11) is 3.35. The van der Waals surface area contributed by atoms with Gasteiger partial charge < -0.3 is 10.2 Å². The van der Waals surface area contributed by atoms with Crippen molar-refractivity contribution in [3.63, 3.8) is 0 Å². The van der Waals surface area contributed by atoms with Gasteiger partial charge in [-0.25, -0.2) is 4.39 Å². The van der Waals surface area contributed by atoms with E-state index in [4.69, 9.17) is 5.26 Å². The molecule has 0 bridgehead atoms. The van der Waals surface area contributed by atoms with Crippen LogP contribution >= 0.6 is 0 Å². The lowest BCUT2D eigenvalue weighted by molar-refractivity contribution is -0.127. The first kappa shape index (κ1) is 13.1. The molecular formula is C12H14FN3O.